The average molecular weight is 427 g/mol. The van der Waals surface area contributed by atoms with Gasteiger partial charge in [0.1, 0.15) is 11.4 Å². The summed E-state index contributed by atoms with van der Waals surface area (Å²) in [5, 5.41) is 3.23. The van der Waals surface area contributed by atoms with E-state index in [0.717, 1.165) is 27.9 Å². The maximum absolute atomic E-state index is 13.7. The second kappa shape index (κ2) is 8.35. The summed E-state index contributed by atoms with van der Waals surface area (Å²) in [6.07, 6.45) is 0. The highest BCUT2D eigenvalue weighted by molar-refractivity contribution is 6.46. The number of nitrogens with zero attached hydrogens (tertiary/aromatic N) is 1. The minimum absolute atomic E-state index is 0.237. The van der Waals surface area contributed by atoms with E-state index in [2.05, 4.69) is 5.32 Å². The molecule has 5 heteroatoms. The first-order valence-electron chi connectivity index (χ1n) is 10.5. The number of methoxy groups -OCH3 is 1. The number of anilines is 2. The summed E-state index contributed by atoms with van der Waals surface area (Å²) in [6, 6.07) is 18.7. The average Bonchev–Trinajstić information content (AvgIpc) is 3.02. The fraction of sp³-hybridized carbons (Fsp3) is 0.185. The van der Waals surface area contributed by atoms with Crippen LogP contribution in [0, 0.1) is 27.7 Å². The number of aryl methyl sites for hydroxylation is 4. The molecule has 0 saturated carbocycles. The Morgan fingerprint density at radius 3 is 2.06 bits per heavy atom. The summed E-state index contributed by atoms with van der Waals surface area (Å²) in [6.45, 7) is 8.01. The minimum Gasteiger partial charge on any atom is -0.496 e. The van der Waals surface area contributed by atoms with Gasteiger partial charge >= 0.3 is 0 Å². The van der Waals surface area contributed by atoms with E-state index in [0.29, 0.717) is 22.6 Å². The van der Waals surface area contributed by atoms with Crippen molar-refractivity contribution >= 4 is 28.8 Å². The Kier molecular flexibility index (Phi) is 5.57. The first-order valence-corrected chi connectivity index (χ1v) is 10.5. The molecule has 3 aromatic carbocycles. The van der Waals surface area contributed by atoms with Gasteiger partial charge in [-0.25, -0.2) is 4.90 Å². The number of benzene rings is 3. The van der Waals surface area contributed by atoms with Crippen molar-refractivity contribution in [2.24, 2.45) is 0 Å². The number of carbonyl (C=O) groups is 2. The molecule has 0 radical (unpaired) electrons. The number of para-hydroxylation sites is 1. The zero-order chi connectivity index (χ0) is 23.0. The molecule has 0 saturated heterocycles. The number of carbonyl (C=O) groups excluding carboxylic acids is 2. The van der Waals surface area contributed by atoms with Crippen molar-refractivity contribution < 1.29 is 14.3 Å². The molecule has 0 bridgehead atoms. The fourth-order valence-corrected chi connectivity index (χ4v) is 3.81. The van der Waals surface area contributed by atoms with E-state index >= 15 is 0 Å². The Hall–Kier alpha value is -3.86. The third-order valence-electron chi connectivity index (χ3n) is 5.99. The molecule has 5 nitrogen and oxygen atoms in total. The van der Waals surface area contributed by atoms with Crippen LogP contribution in [0.3, 0.4) is 0 Å². The van der Waals surface area contributed by atoms with Crippen LogP contribution >= 0.6 is 0 Å². The molecule has 0 spiro atoms. The molecule has 0 fully saturated rings. The van der Waals surface area contributed by atoms with Gasteiger partial charge in [0.05, 0.1) is 18.4 Å². The number of amides is 2. The summed E-state index contributed by atoms with van der Waals surface area (Å²) >= 11 is 0. The maximum atomic E-state index is 13.7. The Morgan fingerprint density at radius 1 is 0.750 bits per heavy atom. The lowest BCUT2D eigenvalue weighted by molar-refractivity contribution is -0.120. The molecule has 0 aromatic heterocycles. The first-order chi connectivity index (χ1) is 15.3. The van der Waals surface area contributed by atoms with E-state index < -0.39 is 5.91 Å². The van der Waals surface area contributed by atoms with Gasteiger partial charge in [0.25, 0.3) is 11.8 Å². The zero-order valence-electron chi connectivity index (χ0n) is 18.9. The van der Waals surface area contributed by atoms with Gasteiger partial charge in [0.15, 0.2) is 0 Å². The first kappa shape index (κ1) is 21.4. The van der Waals surface area contributed by atoms with Crippen LogP contribution in [-0.4, -0.2) is 18.9 Å². The van der Waals surface area contributed by atoms with Crippen molar-refractivity contribution in [1.29, 1.82) is 0 Å². The van der Waals surface area contributed by atoms with E-state index in [1.165, 1.54) is 4.90 Å². The summed E-state index contributed by atoms with van der Waals surface area (Å²) < 4.78 is 5.51. The van der Waals surface area contributed by atoms with Gasteiger partial charge in [-0.3, -0.25) is 9.59 Å². The molecule has 1 heterocycles. The second-order valence-corrected chi connectivity index (χ2v) is 8.09. The van der Waals surface area contributed by atoms with Gasteiger partial charge in [-0.1, -0.05) is 30.3 Å². The molecular formula is C27H26N2O3. The predicted octanol–water partition coefficient (Wildman–Crippen LogP) is 5.33. The van der Waals surface area contributed by atoms with E-state index in [9.17, 15) is 9.59 Å². The molecule has 3 aromatic rings. The van der Waals surface area contributed by atoms with E-state index in [1.807, 2.05) is 70.2 Å². The van der Waals surface area contributed by atoms with Crippen LogP contribution in [0.5, 0.6) is 5.75 Å². The van der Waals surface area contributed by atoms with Crippen molar-refractivity contribution in [2.45, 2.75) is 27.7 Å². The Bertz CT molecular complexity index is 1270. The number of hydrogen-bond acceptors (Lipinski definition) is 4. The van der Waals surface area contributed by atoms with Crippen LogP contribution in [0.1, 0.15) is 27.8 Å². The molecule has 0 aliphatic carbocycles. The fourth-order valence-electron chi connectivity index (χ4n) is 3.81. The second-order valence-electron chi connectivity index (χ2n) is 8.09. The molecule has 1 aliphatic heterocycles. The minimum atomic E-state index is -0.391. The Labute approximate surface area is 188 Å². The number of hydrogen-bond donors (Lipinski definition) is 1. The van der Waals surface area contributed by atoms with Crippen molar-refractivity contribution in [1.82, 2.24) is 0 Å². The highest BCUT2D eigenvalue weighted by Crippen LogP contribution is 2.37. The number of nitrogens with one attached hydrogen (secondary N) is 1. The van der Waals surface area contributed by atoms with Gasteiger partial charge in [0, 0.05) is 11.3 Å². The lowest BCUT2D eigenvalue weighted by Gasteiger charge is -2.17. The Balaban J connectivity index is 1.87. The largest absolute Gasteiger partial charge is 0.496 e. The van der Waals surface area contributed by atoms with E-state index in [1.54, 1.807) is 25.3 Å². The molecular weight excluding hydrogens is 400 g/mol. The van der Waals surface area contributed by atoms with Crippen LogP contribution in [0.2, 0.25) is 0 Å². The monoisotopic (exact) mass is 426 g/mol. The van der Waals surface area contributed by atoms with Gasteiger partial charge in [-0.2, -0.15) is 0 Å². The van der Waals surface area contributed by atoms with Crippen LogP contribution in [0.15, 0.2) is 66.4 Å². The van der Waals surface area contributed by atoms with Gasteiger partial charge in [-0.05, 0) is 80.3 Å². The van der Waals surface area contributed by atoms with E-state index in [4.69, 9.17) is 4.74 Å². The van der Waals surface area contributed by atoms with Crippen LogP contribution in [0.4, 0.5) is 11.4 Å². The lowest BCUT2D eigenvalue weighted by atomic mass is 10.0. The topological polar surface area (TPSA) is 58.6 Å². The molecule has 32 heavy (non-hydrogen) atoms. The quantitative estimate of drug-likeness (QED) is 0.561. The van der Waals surface area contributed by atoms with Crippen LogP contribution in [0.25, 0.3) is 5.57 Å². The molecule has 162 valence electrons. The highest BCUT2D eigenvalue weighted by Gasteiger charge is 2.41. The van der Waals surface area contributed by atoms with Crippen molar-refractivity contribution in [3.05, 3.63) is 94.2 Å². The normalized spacial score (nSPS) is 13.7. The number of ether oxygens (including phenoxy) is 1. The van der Waals surface area contributed by atoms with Crippen molar-refractivity contribution in [2.75, 3.05) is 17.3 Å². The molecule has 0 unspecified atom stereocenters. The molecule has 2 amide bonds. The molecule has 4 rings (SSSR count). The smallest absolute Gasteiger partial charge is 0.282 e. The predicted molar refractivity (Wildman–Crippen MR) is 128 cm³/mol. The van der Waals surface area contributed by atoms with Crippen LogP contribution < -0.4 is 15.0 Å². The SMILES string of the molecule is COc1ccccc1C1=C(Nc2ccc(C)c(C)c2)C(=O)N(c2ccc(C)c(C)c2)C1=O. The number of rotatable bonds is 5. The third kappa shape index (κ3) is 3.66. The zero-order valence-corrected chi connectivity index (χ0v) is 18.9. The van der Waals surface area contributed by atoms with Crippen molar-refractivity contribution in [3.63, 3.8) is 0 Å². The summed E-state index contributed by atoms with van der Waals surface area (Å²) in [5.41, 5.74) is 6.76. The van der Waals surface area contributed by atoms with Gasteiger partial charge in [0.2, 0.25) is 0 Å². The van der Waals surface area contributed by atoms with Crippen LogP contribution in [-0.2, 0) is 9.59 Å². The van der Waals surface area contributed by atoms with Gasteiger partial charge in [-0.15, -0.1) is 0 Å². The summed E-state index contributed by atoms with van der Waals surface area (Å²) in [4.78, 5) is 28.5. The molecule has 1 N–H and O–H groups in total. The summed E-state index contributed by atoms with van der Waals surface area (Å²) in [7, 11) is 1.55. The lowest BCUT2D eigenvalue weighted by Crippen LogP contribution is -2.32. The van der Waals surface area contributed by atoms with Gasteiger partial charge < -0.3 is 10.1 Å². The molecule has 0 atom stereocenters. The highest BCUT2D eigenvalue weighted by atomic mass is 16.5. The Morgan fingerprint density at radius 2 is 1.41 bits per heavy atom. The third-order valence-corrected chi connectivity index (χ3v) is 5.99. The standard InChI is InChI=1S/C27H26N2O3/c1-16-10-12-20(14-18(16)3)28-25-24(22-8-6-7-9-23(22)32-5)26(30)29(27(25)31)21-13-11-17(2)19(4)15-21/h6-15,28H,1-5H3. The maximum Gasteiger partial charge on any atom is 0.282 e. The summed E-state index contributed by atoms with van der Waals surface area (Å²) in [5.74, 6) is -0.239. The van der Waals surface area contributed by atoms with Crippen molar-refractivity contribution in [3.8, 4) is 5.75 Å². The van der Waals surface area contributed by atoms with E-state index in [-0.39, 0.29) is 11.6 Å². The number of imide groups is 1. The molecule has 1 aliphatic rings.